The van der Waals surface area contributed by atoms with Gasteiger partial charge in [0.25, 0.3) is 6.43 Å². The van der Waals surface area contributed by atoms with E-state index in [2.05, 4.69) is 0 Å². The number of alkyl halides is 2. The van der Waals surface area contributed by atoms with E-state index in [1.165, 1.54) is 12.8 Å². The van der Waals surface area contributed by atoms with Crippen LogP contribution in [0.5, 0.6) is 0 Å². The second-order valence-electron chi connectivity index (χ2n) is 4.73. The third kappa shape index (κ3) is 1.85. The zero-order chi connectivity index (χ0) is 9.47. The summed E-state index contributed by atoms with van der Waals surface area (Å²) in [5, 5.41) is 0. The van der Waals surface area contributed by atoms with Crippen molar-refractivity contribution in [1.29, 1.82) is 0 Å². The number of hydrogen-bond donors (Lipinski definition) is 1. The standard InChI is InChI=1S/C10H17F2N/c11-9(12)10(13)5-1-2-8(6-10)7-3-4-7/h7-9H,1-6,13H2. The SMILES string of the molecule is NC1(C(F)F)CCCC(C2CC2)C1. The lowest BCUT2D eigenvalue weighted by Crippen LogP contribution is -2.50. The van der Waals surface area contributed by atoms with Crippen LogP contribution in [0.25, 0.3) is 0 Å². The van der Waals surface area contributed by atoms with E-state index >= 15 is 0 Å². The van der Waals surface area contributed by atoms with Gasteiger partial charge in [0, 0.05) is 0 Å². The van der Waals surface area contributed by atoms with Gasteiger partial charge < -0.3 is 5.73 Å². The predicted octanol–water partition coefficient (Wildman–Crippen LogP) is 2.55. The Morgan fingerprint density at radius 3 is 2.38 bits per heavy atom. The highest BCUT2D eigenvalue weighted by Gasteiger charge is 2.44. The molecule has 2 aliphatic carbocycles. The van der Waals surface area contributed by atoms with Crippen LogP contribution in [0.2, 0.25) is 0 Å². The Hall–Kier alpha value is -0.180. The van der Waals surface area contributed by atoms with Crippen LogP contribution in [0.4, 0.5) is 8.78 Å². The van der Waals surface area contributed by atoms with Crippen molar-refractivity contribution >= 4 is 0 Å². The molecule has 2 saturated carbocycles. The van der Waals surface area contributed by atoms with Gasteiger partial charge in [0.05, 0.1) is 5.54 Å². The first-order valence-corrected chi connectivity index (χ1v) is 5.19. The molecule has 3 heteroatoms. The van der Waals surface area contributed by atoms with Gasteiger partial charge in [-0.1, -0.05) is 12.8 Å². The van der Waals surface area contributed by atoms with Crippen molar-refractivity contribution in [2.75, 3.05) is 0 Å². The molecule has 0 saturated heterocycles. The lowest BCUT2D eigenvalue weighted by molar-refractivity contribution is 0.0142. The van der Waals surface area contributed by atoms with Crippen molar-refractivity contribution in [2.24, 2.45) is 17.6 Å². The average molecular weight is 189 g/mol. The summed E-state index contributed by atoms with van der Waals surface area (Å²) in [5.41, 5.74) is 4.55. The van der Waals surface area contributed by atoms with E-state index in [-0.39, 0.29) is 0 Å². The minimum Gasteiger partial charge on any atom is -0.320 e. The molecule has 2 fully saturated rings. The summed E-state index contributed by atoms with van der Waals surface area (Å²) in [7, 11) is 0. The van der Waals surface area contributed by atoms with E-state index in [1.807, 2.05) is 0 Å². The van der Waals surface area contributed by atoms with Crippen LogP contribution in [0.3, 0.4) is 0 Å². The van der Waals surface area contributed by atoms with Gasteiger partial charge in [-0.2, -0.15) is 0 Å². The van der Waals surface area contributed by atoms with Gasteiger partial charge in [-0.25, -0.2) is 8.78 Å². The minimum absolute atomic E-state index is 0.493. The first-order chi connectivity index (χ1) is 6.12. The van der Waals surface area contributed by atoms with Crippen molar-refractivity contribution in [3.63, 3.8) is 0 Å². The Morgan fingerprint density at radius 2 is 1.85 bits per heavy atom. The van der Waals surface area contributed by atoms with E-state index in [1.54, 1.807) is 0 Å². The summed E-state index contributed by atoms with van der Waals surface area (Å²) in [6, 6.07) is 0. The maximum Gasteiger partial charge on any atom is 0.256 e. The summed E-state index contributed by atoms with van der Waals surface area (Å²) < 4.78 is 25.3. The number of rotatable bonds is 2. The van der Waals surface area contributed by atoms with E-state index in [9.17, 15) is 8.78 Å². The van der Waals surface area contributed by atoms with Crippen molar-refractivity contribution in [2.45, 2.75) is 50.5 Å². The molecule has 2 rings (SSSR count). The van der Waals surface area contributed by atoms with Crippen LogP contribution >= 0.6 is 0 Å². The topological polar surface area (TPSA) is 26.0 Å². The van der Waals surface area contributed by atoms with Gasteiger partial charge in [0.15, 0.2) is 0 Å². The Morgan fingerprint density at radius 1 is 1.15 bits per heavy atom. The molecule has 0 aromatic rings. The monoisotopic (exact) mass is 189 g/mol. The van der Waals surface area contributed by atoms with Crippen LogP contribution in [0, 0.1) is 11.8 Å². The summed E-state index contributed by atoms with van der Waals surface area (Å²) in [5.74, 6) is 1.22. The predicted molar refractivity (Wildman–Crippen MR) is 47.6 cm³/mol. The maximum atomic E-state index is 12.6. The Bertz CT molecular complexity index is 191. The minimum atomic E-state index is -2.34. The molecule has 2 aliphatic rings. The molecule has 0 radical (unpaired) electrons. The Balaban J connectivity index is 1.97. The molecule has 0 aromatic heterocycles. The Kier molecular flexibility index (Phi) is 2.30. The van der Waals surface area contributed by atoms with E-state index in [4.69, 9.17) is 5.73 Å². The summed E-state index contributed by atoms with van der Waals surface area (Å²) in [6.45, 7) is 0. The number of nitrogens with two attached hydrogens (primary N) is 1. The quantitative estimate of drug-likeness (QED) is 0.709. The van der Waals surface area contributed by atoms with Gasteiger partial charge in [-0.3, -0.25) is 0 Å². The largest absolute Gasteiger partial charge is 0.320 e. The van der Waals surface area contributed by atoms with Crippen LogP contribution in [0.1, 0.15) is 38.5 Å². The summed E-state index contributed by atoms with van der Waals surface area (Å²) in [6.07, 6.45) is 3.21. The molecule has 13 heavy (non-hydrogen) atoms. The molecule has 2 atom stereocenters. The summed E-state index contributed by atoms with van der Waals surface area (Å²) in [4.78, 5) is 0. The van der Waals surface area contributed by atoms with Crippen LogP contribution < -0.4 is 5.73 Å². The first-order valence-electron chi connectivity index (χ1n) is 5.19. The van der Waals surface area contributed by atoms with E-state index in [0.29, 0.717) is 18.8 Å². The van der Waals surface area contributed by atoms with Crippen molar-refractivity contribution < 1.29 is 8.78 Å². The molecule has 0 aliphatic heterocycles. The number of hydrogen-bond acceptors (Lipinski definition) is 1. The van der Waals surface area contributed by atoms with Crippen molar-refractivity contribution in [3.8, 4) is 0 Å². The highest BCUT2D eigenvalue weighted by Crippen LogP contribution is 2.47. The van der Waals surface area contributed by atoms with Crippen LogP contribution in [-0.2, 0) is 0 Å². The van der Waals surface area contributed by atoms with Gasteiger partial charge >= 0.3 is 0 Å². The lowest BCUT2D eigenvalue weighted by atomic mass is 9.74. The second-order valence-corrected chi connectivity index (χ2v) is 4.73. The molecule has 0 bridgehead atoms. The highest BCUT2D eigenvalue weighted by atomic mass is 19.3. The molecule has 2 N–H and O–H groups in total. The maximum absolute atomic E-state index is 12.6. The first kappa shape index (κ1) is 9.38. The van der Waals surface area contributed by atoms with Gasteiger partial charge in [-0.15, -0.1) is 0 Å². The zero-order valence-corrected chi connectivity index (χ0v) is 7.81. The molecule has 1 nitrogen and oxygen atoms in total. The summed E-state index contributed by atoms with van der Waals surface area (Å²) >= 11 is 0. The molecule has 0 aromatic carbocycles. The van der Waals surface area contributed by atoms with Gasteiger partial charge in [0.1, 0.15) is 0 Å². The van der Waals surface area contributed by atoms with Crippen LogP contribution in [-0.4, -0.2) is 12.0 Å². The zero-order valence-electron chi connectivity index (χ0n) is 7.81. The highest BCUT2D eigenvalue weighted by molar-refractivity contribution is 4.96. The van der Waals surface area contributed by atoms with Crippen LogP contribution in [0.15, 0.2) is 0 Å². The lowest BCUT2D eigenvalue weighted by Gasteiger charge is -2.37. The van der Waals surface area contributed by atoms with Gasteiger partial charge in [-0.05, 0) is 37.5 Å². The molecule has 0 heterocycles. The third-order valence-corrected chi connectivity index (χ3v) is 3.58. The fourth-order valence-corrected chi connectivity index (χ4v) is 2.55. The average Bonchev–Trinajstić information content (AvgIpc) is 2.86. The van der Waals surface area contributed by atoms with Gasteiger partial charge in [0.2, 0.25) is 0 Å². The van der Waals surface area contributed by atoms with E-state index in [0.717, 1.165) is 18.8 Å². The molecule has 0 spiro atoms. The molecular formula is C10H17F2N. The smallest absolute Gasteiger partial charge is 0.256 e. The molecular weight excluding hydrogens is 172 g/mol. The third-order valence-electron chi connectivity index (χ3n) is 3.58. The van der Waals surface area contributed by atoms with Crippen molar-refractivity contribution in [1.82, 2.24) is 0 Å². The molecule has 0 amide bonds. The number of halogens is 2. The normalized spacial score (nSPS) is 41.1. The second kappa shape index (κ2) is 3.19. The Labute approximate surface area is 77.7 Å². The van der Waals surface area contributed by atoms with Crippen molar-refractivity contribution in [3.05, 3.63) is 0 Å². The molecule has 2 unspecified atom stereocenters. The fourth-order valence-electron chi connectivity index (χ4n) is 2.55. The van der Waals surface area contributed by atoms with E-state index < -0.39 is 12.0 Å². The fraction of sp³-hybridized carbons (Fsp3) is 1.00. The molecule has 76 valence electrons.